The number of aliphatic hydroxyl groups excluding tert-OH is 1. The van der Waals surface area contributed by atoms with Crippen molar-refractivity contribution in [3.05, 3.63) is 67.0 Å². The summed E-state index contributed by atoms with van der Waals surface area (Å²) >= 11 is 0. The Morgan fingerprint density at radius 3 is 2.95 bits per heavy atom. The molecule has 40 heavy (non-hydrogen) atoms. The third-order valence-corrected chi connectivity index (χ3v) is 6.99. The van der Waals surface area contributed by atoms with Crippen LogP contribution in [0.3, 0.4) is 0 Å². The number of hydrogen-bond donors (Lipinski definition) is 3. The lowest BCUT2D eigenvalue weighted by Gasteiger charge is -2.35. The number of halogens is 1. The van der Waals surface area contributed by atoms with Crippen LogP contribution in [0.1, 0.15) is 32.1 Å². The maximum Gasteiger partial charge on any atom is 0.246 e. The second-order valence-electron chi connectivity index (χ2n) is 9.91. The fourth-order valence-corrected chi connectivity index (χ4v) is 5.08. The van der Waals surface area contributed by atoms with Gasteiger partial charge in [0.25, 0.3) is 0 Å². The van der Waals surface area contributed by atoms with E-state index in [1.165, 1.54) is 42.0 Å². The molecule has 1 aliphatic rings. The van der Waals surface area contributed by atoms with Crippen molar-refractivity contribution in [1.29, 1.82) is 0 Å². The summed E-state index contributed by atoms with van der Waals surface area (Å²) in [6.07, 6.45) is 10.2. The number of ether oxygens (including phenoxy) is 1. The summed E-state index contributed by atoms with van der Waals surface area (Å²) < 4.78 is 20.9. The molecule has 1 unspecified atom stereocenters. The number of carbonyl (C=O) groups excluding carboxylic acids is 1. The molecule has 1 atom stereocenters. The van der Waals surface area contributed by atoms with E-state index in [0.29, 0.717) is 29.8 Å². The molecule has 3 heterocycles. The maximum atomic E-state index is 13.4. The Labute approximate surface area is 232 Å². The molecule has 1 saturated heterocycles. The molecule has 10 nitrogen and oxygen atoms in total. The standard InChI is InChI=1S/C29H34FN7O3/c30-21-5-3-6-22(15-21)34-28(39)19-37-18-23(17-33-37)35-29-26-9-8-25(16-27(26)31-20-32-29)40-14-4-12-36-11-2-1-7-24(36)10-13-38/h3,5-6,8-9,15-18,20,24,38H,1-2,4,7,10-14,19H2,(H,34,39)(H,31,32,35). The van der Waals surface area contributed by atoms with Crippen LogP contribution in [0.25, 0.3) is 10.9 Å². The highest BCUT2D eigenvalue weighted by Crippen LogP contribution is 2.26. The molecule has 210 valence electrons. The van der Waals surface area contributed by atoms with Gasteiger partial charge in [0.15, 0.2) is 0 Å². The van der Waals surface area contributed by atoms with E-state index in [2.05, 4.69) is 30.6 Å². The van der Waals surface area contributed by atoms with Crippen LogP contribution in [0.4, 0.5) is 21.6 Å². The van der Waals surface area contributed by atoms with E-state index in [4.69, 9.17) is 4.74 Å². The zero-order valence-electron chi connectivity index (χ0n) is 22.3. The molecule has 5 rings (SSSR count). The summed E-state index contributed by atoms with van der Waals surface area (Å²) in [5.74, 6) is 0.626. The van der Waals surface area contributed by atoms with Crippen molar-refractivity contribution < 1.29 is 19.0 Å². The van der Waals surface area contributed by atoms with Crippen LogP contribution < -0.4 is 15.4 Å². The average molecular weight is 548 g/mol. The Balaban J connectivity index is 1.14. The van der Waals surface area contributed by atoms with Gasteiger partial charge in [0.2, 0.25) is 5.91 Å². The molecule has 2 aromatic heterocycles. The van der Waals surface area contributed by atoms with Crippen molar-refractivity contribution in [3.8, 4) is 5.75 Å². The van der Waals surface area contributed by atoms with E-state index in [1.54, 1.807) is 18.5 Å². The molecule has 1 aliphatic heterocycles. The van der Waals surface area contributed by atoms with Gasteiger partial charge in [-0.3, -0.25) is 9.48 Å². The highest BCUT2D eigenvalue weighted by molar-refractivity contribution is 5.92. The van der Waals surface area contributed by atoms with Crippen LogP contribution in [0.15, 0.2) is 61.2 Å². The molecule has 3 N–H and O–H groups in total. The number of piperidine rings is 1. The molecule has 0 saturated carbocycles. The molecule has 0 spiro atoms. The SMILES string of the molecule is O=C(Cn1cc(Nc2ncnc3cc(OCCCN4CCCCC4CCO)ccc23)cn1)Nc1cccc(F)c1. The summed E-state index contributed by atoms with van der Waals surface area (Å²) in [6, 6.07) is 11.9. The lowest BCUT2D eigenvalue weighted by atomic mass is 9.99. The monoisotopic (exact) mass is 547 g/mol. The topological polar surface area (TPSA) is 117 Å². The number of aliphatic hydroxyl groups is 1. The van der Waals surface area contributed by atoms with Gasteiger partial charge >= 0.3 is 0 Å². The van der Waals surface area contributed by atoms with Gasteiger partial charge in [0.05, 0.1) is 24.0 Å². The fourth-order valence-electron chi connectivity index (χ4n) is 5.08. The first kappa shape index (κ1) is 27.5. The quantitative estimate of drug-likeness (QED) is 0.224. The minimum absolute atomic E-state index is 0.0245. The number of fused-ring (bicyclic) bond motifs is 1. The Morgan fingerprint density at radius 1 is 1.15 bits per heavy atom. The molecule has 2 aromatic carbocycles. The molecular weight excluding hydrogens is 513 g/mol. The van der Waals surface area contributed by atoms with Gasteiger partial charge < -0.3 is 25.4 Å². The first-order valence-corrected chi connectivity index (χ1v) is 13.6. The van der Waals surface area contributed by atoms with E-state index >= 15 is 0 Å². The lowest BCUT2D eigenvalue weighted by Crippen LogP contribution is -2.40. The van der Waals surface area contributed by atoms with E-state index in [1.807, 2.05) is 18.2 Å². The van der Waals surface area contributed by atoms with E-state index < -0.39 is 5.82 Å². The maximum absolute atomic E-state index is 13.4. The molecule has 0 aliphatic carbocycles. The second kappa shape index (κ2) is 13.3. The highest BCUT2D eigenvalue weighted by Gasteiger charge is 2.21. The number of amides is 1. The molecule has 4 aromatic rings. The number of anilines is 3. The lowest BCUT2D eigenvalue weighted by molar-refractivity contribution is -0.116. The Kier molecular flexibility index (Phi) is 9.15. The number of rotatable bonds is 12. The molecule has 0 radical (unpaired) electrons. The Hall–Kier alpha value is -4.09. The highest BCUT2D eigenvalue weighted by atomic mass is 19.1. The number of carbonyl (C=O) groups is 1. The zero-order valence-corrected chi connectivity index (χ0v) is 22.3. The van der Waals surface area contributed by atoms with Crippen molar-refractivity contribution in [2.45, 2.75) is 44.7 Å². The first-order chi connectivity index (χ1) is 19.6. The van der Waals surface area contributed by atoms with Gasteiger partial charge in [-0.1, -0.05) is 12.5 Å². The fraction of sp³-hybridized carbons (Fsp3) is 0.379. The number of nitrogens with one attached hydrogen (secondary N) is 2. The summed E-state index contributed by atoms with van der Waals surface area (Å²) in [6.45, 7) is 2.88. The summed E-state index contributed by atoms with van der Waals surface area (Å²) in [7, 11) is 0. The molecule has 1 fully saturated rings. The largest absolute Gasteiger partial charge is 0.493 e. The third kappa shape index (κ3) is 7.30. The number of likely N-dealkylation sites (tertiary alicyclic amines) is 1. The number of aromatic nitrogens is 4. The van der Waals surface area contributed by atoms with E-state index in [9.17, 15) is 14.3 Å². The van der Waals surface area contributed by atoms with Crippen LogP contribution in [-0.2, 0) is 11.3 Å². The van der Waals surface area contributed by atoms with Crippen molar-refractivity contribution in [2.75, 3.05) is 36.9 Å². The number of benzene rings is 2. The van der Waals surface area contributed by atoms with Crippen molar-refractivity contribution in [3.63, 3.8) is 0 Å². The summed E-state index contributed by atoms with van der Waals surface area (Å²) in [5, 5.41) is 20.3. The predicted octanol–water partition coefficient (Wildman–Crippen LogP) is 4.35. The van der Waals surface area contributed by atoms with Crippen LogP contribution in [-0.4, -0.2) is 68.0 Å². The van der Waals surface area contributed by atoms with Crippen LogP contribution in [0, 0.1) is 5.82 Å². The normalized spacial score (nSPS) is 15.7. The average Bonchev–Trinajstić information content (AvgIpc) is 3.38. The van der Waals surface area contributed by atoms with Gasteiger partial charge in [0, 0.05) is 42.5 Å². The summed E-state index contributed by atoms with van der Waals surface area (Å²) in [4.78, 5) is 23.6. The second-order valence-corrected chi connectivity index (χ2v) is 9.91. The van der Waals surface area contributed by atoms with E-state index in [0.717, 1.165) is 49.0 Å². The van der Waals surface area contributed by atoms with Gasteiger partial charge in [-0.15, -0.1) is 0 Å². The minimum Gasteiger partial charge on any atom is -0.493 e. The first-order valence-electron chi connectivity index (χ1n) is 13.6. The van der Waals surface area contributed by atoms with Crippen molar-refractivity contribution >= 4 is 34.0 Å². The van der Waals surface area contributed by atoms with Crippen molar-refractivity contribution in [2.24, 2.45) is 0 Å². The van der Waals surface area contributed by atoms with Crippen LogP contribution >= 0.6 is 0 Å². The number of hydrogen-bond acceptors (Lipinski definition) is 8. The van der Waals surface area contributed by atoms with Crippen LogP contribution in [0.2, 0.25) is 0 Å². The Morgan fingerprint density at radius 2 is 2.08 bits per heavy atom. The van der Waals surface area contributed by atoms with E-state index in [-0.39, 0.29) is 19.1 Å². The van der Waals surface area contributed by atoms with Crippen LogP contribution in [0.5, 0.6) is 5.75 Å². The third-order valence-electron chi connectivity index (χ3n) is 6.99. The molecule has 1 amide bonds. The molecule has 11 heteroatoms. The Bertz CT molecular complexity index is 1430. The predicted molar refractivity (Wildman–Crippen MR) is 151 cm³/mol. The smallest absolute Gasteiger partial charge is 0.246 e. The zero-order chi connectivity index (χ0) is 27.7. The van der Waals surface area contributed by atoms with Gasteiger partial charge in [-0.25, -0.2) is 14.4 Å². The van der Waals surface area contributed by atoms with Gasteiger partial charge in [-0.05, 0) is 62.6 Å². The minimum atomic E-state index is -0.417. The number of nitrogens with zero attached hydrogens (tertiary/aromatic N) is 5. The molecular formula is C29H34FN7O3. The summed E-state index contributed by atoms with van der Waals surface area (Å²) in [5.41, 5.74) is 1.80. The van der Waals surface area contributed by atoms with Crippen molar-refractivity contribution in [1.82, 2.24) is 24.6 Å². The molecule has 0 bridgehead atoms. The van der Waals surface area contributed by atoms with Gasteiger partial charge in [-0.2, -0.15) is 5.10 Å². The van der Waals surface area contributed by atoms with Gasteiger partial charge in [0.1, 0.15) is 30.3 Å².